The molecule has 1 aromatic carbocycles. The summed E-state index contributed by atoms with van der Waals surface area (Å²) in [5, 5.41) is 9.10. The van der Waals surface area contributed by atoms with E-state index in [1.54, 1.807) is 26.2 Å². The van der Waals surface area contributed by atoms with Crippen molar-refractivity contribution < 1.29 is 9.59 Å². The second kappa shape index (κ2) is 13.8. The molecule has 0 aliphatic rings. The summed E-state index contributed by atoms with van der Waals surface area (Å²) >= 11 is 3.34. The molecule has 0 heterocycles. The van der Waals surface area contributed by atoms with Crippen LogP contribution in [0.3, 0.4) is 0 Å². The SMILES string of the molecule is CCNC(=NCC(=O)N(C)C)NCCCNC(=O)c1ccc(Br)cc1.I. The van der Waals surface area contributed by atoms with Gasteiger partial charge in [0.05, 0.1) is 0 Å². The number of amides is 2. The van der Waals surface area contributed by atoms with Gasteiger partial charge in [-0.25, -0.2) is 4.99 Å². The Morgan fingerprint density at radius 2 is 1.69 bits per heavy atom. The number of likely N-dealkylation sites (N-methyl/N-ethyl adjacent to an activating group) is 1. The van der Waals surface area contributed by atoms with Gasteiger partial charge < -0.3 is 20.9 Å². The van der Waals surface area contributed by atoms with Gasteiger partial charge in [-0.3, -0.25) is 9.59 Å². The van der Waals surface area contributed by atoms with Crippen molar-refractivity contribution in [2.24, 2.45) is 4.99 Å². The molecule has 1 aromatic rings. The average Bonchev–Trinajstić information content (AvgIpc) is 2.59. The molecular formula is C17H27BrIN5O2. The van der Waals surface area contributed by atoms with Gasteiger partial charge in [-0.1, -0.05) is 15.9 Å². The Morgan fingerprint density at radius 3 is 2.27 bits per heavy atom. The van der Waals surface area contributed by atoms with Crippen molar-refractivity contribution in [3.8, 4) is 0 Å². The van der Waals surface area contributed by atoms with Crippen LogP contribution in [0.1, 0.15) is 23.7 Å². The van der Waals surface area contributed by atoms with Crippen molar-refractivity contribution in [2.45, 2.75) is 13.3 Å². The fourth-order valence-corrected chi connectivity index (χ4v) is 2.09. The highest BCUT2D eigenvalue weighted by molar-refractivity contribution is 14.0. The van der Waals surface area contributed by atoms with E-state index in [9.17, 15) is 9.59 Å². The second-order valence-corrected chi connectivity index (χ2v) is 6.44. The minimum Gasteiger partial charge on any atom is -0.357 e. The van der Waals surface area contributed by atoms with E-state index in [0.717, 1.165) is 10.9 Å². The van der Waals surface area contributed by atoms with Crippen LogP contribution in [0.5, 0.6) is 0 Å². The van der Waals surface area contributed by atoms with Crippen LogP contribution in [0.2, 0.25) is 0 Å². The smallest absolute Gasteiger partial charge is 0.251 e. The average molecular weight is 540 g/mol. The molecule has 0 aromatic heterocycles. The van der Waals surface area contributed by atoms with E-state index >= 15 is 0 Å². The Labute approximate surface area is 180 Å². The molecule has 0 aliphatic heterocycles. The Morgan fingerprint density at radius 1 is 1.08 bits per heavy atom. The van der Waals surface area contributed by atoms with E-state index in [4.69, 9.17) is 0 Å². The van der Waals surface area contributed by atoms with Crippen molar-refractivity contribution in [2.75, 3.05) is 40.3 Å². The number of carbonyl (C=O) groups excluding carboxylic acids is 2. The first-order valence-electron chi connectivity index (χ1n) is 8.20. The van der Waals surface area contributed by atoms with Gasteiger partial charge in [-0.15, -0.1) is 24.0 Å². The highest BCUT2D eigenvalue weighted by Gasteiger charge is 2.05. The summed E-state index contributed by atoms with van der Waals surface area (Å²) in [6, 6.07) is 7.22. The van der Waals surface area contributed by atoms with Crippen LogP contribution in [0.4, 0.5) is 0 Å². The maximum Gasteiger partial charge on any atom is 0.251 e. The molecule has 0 saturated heterocycles. The maximum absolute atomic E-state index is 12.0. The molecular weight excluding hydrogens is 513 g/mol. The fourth-order valence-electron chi connectivity index (χ4n) is 1.83. The van der Waals surface area contributed by atoms with Crippen molar-refractivity contribution in [1.82, 2.24) is 20.9 Å². The fraction of sp³-hybridized carbons (Fsp3) is 0.471. The van der Waals surface area contributed by atoms with Crippen molar-refractivity contribution in [3.05, 3.63) is 34.3 Å². The minimum absolute atomic E-state index is 0. The molecule has 0 aliphatic carbocycles. The van der Waals surface area contributed by atoms with Crippen molar-refractivity contribution >= 4 is 57.7 Å². The Hall–Kier alpha value is -1.36. The van der Waals surface area contributed by atoms with E-state index in [-0.39, 0.29) is 42.3 Å². The van der Waals surface area contributed by atoms with Crippen LogP contribution >= 0.6 is 39.9 Å². The first-order valence-corrected chi connectivity index (χ1v) is 8.99. The lowest BCUT2D eigenvalue weighted by atomic mass is 10.2. The largest absolute Gasteiger partial charge is 0.357 e. The van der Waals surface area contributed by atoms with Crippen LogP contribution in [-0.2, 0) is 4.79 Å². The molecule has 9 heteroatoms. The summed E-state index contributed by atoms with van der Waals surface area (Å²) < 4.78 is 0.941. The molecule has 0 bridgehead atoms. The van der Waals surface area contributed by atoms with E-state index in [2.05, 4.69) is 36.9 Å². The molecule has 7 nitrogen and oxygen atoms in total. The van der Waals surface area contributed by atoms with Crippen LogP contribution < -0.4 is 16.0 Å². The molecule has 0 unspecified atom stereocenters. The second-order valence-electron chi connectivity index (χ2n) is 5.53. The van der Waals surface area contributed by atoms with Gasteiger partial charge in [-0.2, -0.15) is 0 Å². The highest BCUT2D eigenvalue weighted by atomic mass is 127. The third-order valence-electron chi connectivity index (χ3n) is 3.25. The third-order valence-corrected chi connectivity index (χ3v) is 3.78. The highest BCUT2D eigenvalue weighted by Crippen LogP contribution is 2.10. The Bertz CT molecular complexity index is 593. The summed E-state index contributed by atoms with van der Waals surface area (Å²) in [4.78, 5) is 29.3. The van der Waals surface area contributed by atoms with Crippen LogP contribution in [-0.4, -0.2) is 62.9 Å². The summed E-state index contributed by atoms with van der Waals surface area (Å²) in [7, 11) is 3.40. The van der Waals surface area contributed by atoms with Gasteiger partial charge in [0.1, 0.15) is 6.54 Å². The lowest BCUT2D eigenvalue weighted by molar-refractivity contribution is -0.127. The van der Waals surface area contributed by atoms with Gasteiger partial charge in [0.25, 0.3) is 5.91 Å². The molecule has 146 valence electrons. The molecule has 26 heavy (non-hydrogen) atoms. The first kappa shape index (κ1) is 24.6. The topological polar surface area (TPSA) is 85.8 Å². The number of nitrogens with one attached hydrogen (secondary N) is 3. The third kappa shape index (κ3) is 9.95. The zero-order valence-electron chi connectivity index (χ0n) is 15.3. The van der Waals surface area contributed by atoms with Gasteiger partial charge in [-0.05, 0) is 37.6 Å². The van der Waals surface area contributed by atoms with Crippen LogP contribution in [0.25, 0.3) is 0 Å². The molecule has 0 spiro atoms. The molecule has 3 N–H and O–H groups in total. The zero-order valence-corrected chi connectivity index (χ0v) is 19.3. The number of nitrogens with zero attached hydrogens (tertiary/aromatic N) is 2. The van der Waals surface area contributed by atoms with Gasteiger partial charge >= 0.3 is 0 Å². The van der Waals surface area contributed by atoms with Gasteiger partial charge in [0.15, 0.2) is 5.96 Å². The summed E-state index contributed by atoms with van der Waals surface area (Å²) in [5.41, 5.74) is 0.633. The lowest BCUT2D eigenvalue weighted by Gasteiger charge is -2.13. The van der Waals surface area contributed by atoms with Crippen LogP contribution in [0, 0.1) is 0 Å². The molecule has 2 amide bonds. The molecule has 1 rings (SSSR count). The molecule has 0 radical (unpaired) electrons. The normalized spacial score (nSPS) is 10.5. The number of halogens is 2. The number of benzene rings is 1. The number of aliphatic imine (C=N–C) groups is 1. The Balaban J connectivity index is 0.00000625. The predicted molar refractivity (Wildman–Crippen MR) is 119 cm³/mol. The summed E-state index contributed by atoms with van der Waals surface area (Å²) in [6.07, 6.45) is 0.744. The van der Waals surface area contributed by atoms with Crippen molar-refractivity contribution in [3.63, 3.8) is 0 Å². The lowest BCUT2D eigenvalue weighted by Crippen LogP contribution is -2.39. The monoisotopic (exact) mass is 539 g/mol. The summed E-state index contributed by atoms with van der Waals surface area (Å²) in [6.45, 7) is 3.97. The van der Waals surface area contributed by atoms with Crippen molar-refractivity contribution in [1.29, 1.82) is 0 Å². The van der Waals surface area contributed by atoms with E-state index in [1.165, 1.54) is 4.90 Å². The molecule has 0 saturated carbocycles. The van der Waals surface area contributed by atoms with Crippen LogP contribution in [0.15, 0.2) is 33.7 Å². The molecule has 0 atom stereocenters. The molecule has 0 fully saturated rings. The predicted octanol–water partition coefficient (Wildman–Crippen LogP) is 1.83. The minimum atomic E-state index is -0.0929. The Kier molecular flexibility index (Phi) is 13.1. The zero-order chi connectivity index (χ0) is 18.7. The van der Waals surface area contributed by atoms with E-state index < -0.39 is 0 Å². The number of rotatable bonds is 8. The number of hydrogen-bond donors (Lipinski definition) is 3. The first-order chi connectivity index (χ1) is 11.9. The number of carbonyl (C=O) groups is 2. The number of hydrogen-bond acceptors (Lipinski definition) is 3. The number of guanidine groups is 1. The van der Waals surface area contributed by atoms with E-state index in [1.807, 2.05) is 19.1 Å². The van der Waals surface area contributed by atoms with E-state index in [0.29, 0.717) is 31.2 Å². The standard InChI is InChI=1S/C17H26BrN5O2.HI/c1-4-19-17(22-12-15(24)23(2)3)21-11-5-10-20-16(25)13-6-8-14(18)9-7-13;/h6-9H,4-5,10-12H2,1-3H3,(H,20,25)(H2,19,21,22);1H. The quantitative estimate of drug-likeness (QED) is 0.204. The van der Waals surface area contributed by atoms with Gasteiger partial charge in [0.2, 0.25) is 5.91 Å². The summed E-state index contributed by atoms with van der Waals surface area (Å²) in [5.74, 6) is 0.445. The maximum atomic E-state index is 12.0. The van der Waals surface area contributed by atoms with Gasteiger partial charge in [0, 0.05) is 43.8 Å².